The summed E-state index contributed by atoms with van der Waals surface area (Å²) >= 11 is 0. The Bertz CT molecular complexity index is 355. The highest BCUT2D eigenvalue weighted by atomic mass is 16.3. The Kier molecular flexibility index (Phi) is 3.43. The van der Waals surface area contributed by atoms with E-state index in [1.54, 1.807) is 19.2 Å². The molecule has 14 heavy (non-hydrogen) atoms. The molecule has 1 aromatic heterocycles. The van der Waals surface area contributed by atoms with Crippen molar-refractivity contribution in [3.05, 3.63) is 23.5 Å². The zero-order chi connectivity index (χ0) is 10.6. The highest BCUT2D eigenvalue weighted by Crippen LogP contribution is 2.13. The van der Waals surface area contributed by atoms with Crippen molar-refractivity contribution in [2.45, 2.75) is 20.0 Å². The van der Waals surface area contributed by atoms with Crippen LogP contribution in [0.15, 0.2) is 12.3 Å². The average molecular weight is 191 g/mol. The number of nitrogens with one attached hydrogen (secondary N) is 1. The van der Waals surface area contributed by atoms with Crippen molar-refractivity contribution in [2.24, 2.45) is 0 Å². The van der Waals surface area contributed by atoms with Gasteiger partial charge in [0.1, 0.15) is 11.8 Å². The monoisotopic (exact) mass is 191 g/mol. The second-order valence-corrected chi connectivity index (χ2v) is 3.23. The van der Waals surface area contributed by atoms with Gasteiger partial charge in [-0.05, 0) is 25.5 Å². The van der Waals surface area contributed by atoms with Gasteiger partial charge in [-0.25, -0.2) is 4.98 Å². The van der Waals surface area contributed by atoms with Gasteiger partial charge >= 0.3 is 0 Å². The fourth-order valence-electron chi connectivity index (χ4n) is 1.03. The van der Waals surface area contributed by atoms with Crippen LogP contribution in [0.25, 0.3) is 0 Å². The summed E-state index contributed by atoms with van der Waals surface area (Å²) in [5.74, 6) is 0. The lowest BCUT2D eigenvalue weighted by Crippen LogP contribution is -2.16. The van der Waals surface area contributed by atoms with Crippen LogP contribution in [0.2, 0.25) is 0 Å². The molecule has 0 bridgehead atoms. The van der Waals surface area contributed by atoms with Crippen LogP contribution in [0, 0.1) is 18.3 Å². The maximum absolute atomic E-state index is 9.09. The van der Waals surface area contributed by atoms with Crippen LogP contribution in [0.3, 0.4) is 0 Å². The van der Waals surface area contributed by atoms with Crippen molar-refractivity contribution in [1.82, 2.24) is 4.98 Å². The minimum absolute atomic E-state index is 0.378. The number of hydrogen-bond acceptors (Lipinski definition) is 4. The number of nitriles is 1. The average Bonchev–Trinajstić information content (AvgIpc) is 2.16. The standard InChI is InChI=1S/C10H13N3O/c1-7-5-12-9(4-11)3-10(7)13-6-8(2)14/h3,5,8,14H,6H2,1-2H3,(H,12,13). The summed E-state index contributed by atoms with van der Waals surface area (Å²) in [6, 6.07) is 3.65. The van der Waals surface area contributed by atoms with Gasteiger partial charge in [-0.3, -0.25) is 0 Å². The summed E-state index contributed by atoms with van der Waals surface area (Å²) in [5.41, 5.74) is 2.19. The summed E-state index contributed by atoms with van der Waals surface area (Å²) in [7, 11) is 0. The molecule has 0 aliphatic rings. The third kappa shape index (κ3) is 2.71. The van der Waals surface area contributed by atoms with Crippen molar-refractivity contribution >= 4 is 5.69 Å². The lowest BCUT2D eigenvalue weighted by atomic mass is 10.2. The molecule has 0 radical (unpaired) electrons. The Morgan fingerprint density at radius 2 is 2.43 bits per heavy atom. The topological polar surface area (TPSA) is 68.9 Å². The van der Waals surface area contributed by atoms with Gasteiger partial charge in [-0.1, -0.05) is 0 Å². The van der Waals surface area contributed by atoms with Crippen molar-refractivity contribution < 1.29 is 5.11 Å². The first-order valence-electron chi connectivity index (χ1n) is 4.42. The molecular weight excluding hydrogens is 178 g/mol. The first-order valence-corrected chi connectivity index (χ1v) is 4.42. The molecule has 0 saturated carbocycles. The molecule has 0 aromatic carbocycles. The smallest absolute Gasteiger partial charge is 0.142 e. The summed E-state index contributed by atoms with van der Waals surface area (Å²) in [4.78, 5) is 3.92. The van der Waals surface area contributed by atoms with Crippen LogP contribution in [0.5, 0.6) is 0 Å². The molecule has 1 aromatic rings. The van der Waals surface area contributed by atoms with Crippen molar-refractivity contribution in [1.29, 1.82) is 5.26 Å². The Balaban J connectivity index is 2.80. The minimum atomic E-state index is -0.409. The molecule has 74 valence electrons. The Morgan fingerprint density at radius 3 is 3.00 bits per heavy atom. The second-order valence-electron chi connectivity index (χ2n) is 3.23. The Labute approximate surface area is 83.2 Å². The summed E-state index contributed by atoms with van der Waals surface area (Å²) < 4.78 is 0. The molecule has 0 aliphatic heterocycles. The molecule has 4 nitrogen and oxygen atoms in total. The van der Waals surface area contributed by atoms with E-state index in [0.717, 1.165) is 11.3 Å². The Hall–Kier alpha value is -1.60. The third-order valence-corrected chi connectivity index (χ3v) is 1.81. The highest BCUT2D eigenvalue weighted by Gasteiger charge is 2.02. The maximum atomic E-state index is 9.09. The molecule has 0 saturated heterocycles. The van der Waals surface area contributed by atoms with Crippen molar-refractivity contribution in [2.75, 3.05) is 11.9 Å². The first-order chi connectivity index (χ1) is 6.63. The van der Waals surface area contributed by atoms with Crippen LogP contribution in [-0.2, 0) is 0 Å². The van der Waals surface area contributed by atoms with Gasteiger partial charge in [-0.2, -0.15) is 5.26 Å². The van der Waals surface area contributed by atoms with Gasteiger partial charge in [0.2, 0.25) is 0 Å². The fraction of sp³-hybridized carbons (Fsp3) is 0.400. The second kappa shape index (κ2) is 4.58. The number of anilines is 1. The van der Waals surface area contributed by atoms with E-state index in [9.17, 15) is 0 Å². The van der Waals surface area contributed by atoms with E-state index < -0.39 is 6.10 Å². The van der Waals surface area contributed by atoms with E-state index in [1.165, 1.54) is 0 Å². The third-order valence-electron chi connectivity index (χ3n) is 1.81. The van der Waals surface area contributed by atoms with Crippen molar-refractivity contribution in [3.63, 3.8) is 0 Å². The predicted octanol–water partition coefficient (Wildman–Crippen LogP) is 1.05. The summed E-state index contributed by atoms with van der Waals surface area (Å²) in [6.07, 6.45) is 1.23. The molecule has 0 spiro atoms. The van der Waals surface area contributed by atoms with Gasteiger partial charge in [0.05, 0.1) is 6.10 Å². The Morgan fingerprint density at radius 1 is 1.71 bits per heavy atom. The fourth-order valence-corrected chi connectivity index (χ4v) is 1.03. The molecule has 2 N–H and O–H groups in total. The minimum Gasteiger partial charge on any atom is -0.392 e. The zero-order valence-electron chi connectivity index (χ0n) is 8.28. The summed E-state index contributed by atoms with van der Waals surface area (Å²) in [5, 5.41) is 20.8. The molecule has 0 aliphatic carbocycles. The predicted molar refractivity (Wildman–Crippen MR) is 53.9 cm³/mol. The SMILES string of the molecule is Cc1cnc(C#N)cc1NCC(C)O. The van der Waals surface area contributed by atoms with Crippen LogP contribution >= 0.6 is 0 Å². The van der Waals surface area contributed by atoms with Crippen LogP contribution < -0.4 is 5.32 Å². The number of pyridine rings is 1. The molecule has 1 heterocycles. The van der Waals surface area contributed by atoms with Gasteiger partial charge in [0, 0.05) is 18.4 Å². The van der Waals surface area contributed by atoms with Crippen LogP contribution in [0.1, 0.15) is 18.2 Å². The van der Waals surface area contributed by atoms with Crippen LogP contribution in [-0.4, -0.2) is 22.7 Å². The van der Waals surface area contributed by atoms with E-state index in [1.807, 2.05) is 13.0 Å². The van der Waals surface area contributed by atoms with Gasteiger partial charge in [-0.15, -0.1) is 0 Å². The van der Waals surface area contributed by atoms with E-state index >= 15 is 0 Å². The number of hydrogen-bond donors (Lipinski definition) is 2. The normalized spacial score (nSPS) is 11.9. The molecule has 1 unspecified atom stereocenters. The van der Waals surface area contributed by atoms with Gasteiger partial charge in [0.25, 0.3) is 0 Å². The number of nitrogens with zero attached hydrogens (tertiary/aromatic N) is 2. The highest BCUT2D eigenvalue weighted by molar-refractivity contribution is 5.52. The number of aliphatic hydroxyl groups excluding tert-OH is 1. The van der Waals surface area contributed by atoms with Crippen LogP contribution in [0.4, 0.5) is 5.69 Å². The maximum Gasteiger partial charge on any atom is 0.142 e. The molecule has 0 amide bonds. The number of aryl methyl sites for hydroxylation is 1. The van der Waals surface area contributed by atoms with E-state index in [4.69, 9.17) is 10.4 Å². The van der Waals surface area contributed by atoms with Crippen molar-refractivity contribution in [3.8, 4) is 6.07 Å². The number of aliphatic hydroxyl groups is 1. The zero-order valence-corrected chi connectivity index (χ0v) is 8.28. The lowest BCUT2D eigenvalue weighted by molar-refractivity contribution is 0.208. The molecule has 0 fully saturated rings. The largest absolute Gasteiger partial charge is 0.392 e. The number of rotatable bonds is 3. The van der Waals surface area contributed by atoms with Gasteiger partial charge < -0.3 is 10.4 Å². The van der Waals surface area contributed by atoms with Gasteiger partial charge in [0.15, 0.2) is 0 Å². The lowest BCUT2D eigenvalue weighted by Gasteiger charge is -2.10. The summed E-state index contributed by atoms with van der Waals surface area (Å²) in [6.45, 7) is 4.07. The van der Waals surface area contributed by atoms with E-state index in [-0.39, 0.29) is 0 Å². The first kappa shape index (κ1) is 10.5. The van der Waals surface area contributed by atoms with E-state index in [2.05, 4.69) is 10.3 Å². The quantitative estimate of drug-likeness (QED) is 0.749. The van der Waals surface area contributed by atoms with E-state index in [0.29, 0.717) is 12.2 Å². The number of aromatic nitrogens is 1. The molecular formula is C10H13N3O. The molecule has 1 rings (SSSR count). The molecule has 4 heteroatoms. The molecule has 1 atom stereocenters.